The van der Waals surface area contributed by atoms with Crippen LogP contribution in [0.5, 0.6) is 11.5 Å². The summed E-state index contributed by atoms with van der Waals surface area (Å²) in [6.07, 6.45) is 5.14. The summed E-state index contributed by atoms with van der Waals surface area (Å²) in [5.41, 5.74) is 4.50. The summed E-state index contributed by atoms with van der Waals surface area (Å²) in [5.74, 6) is 1.24. The van der Waals surface area contributed by atoms with Gasteiger partial charge in [0.05, 0.1) is 26.3 Å². The number of rotatable bonds is 5. The summed E-state index contributed by atoms with van der Waals surface area (Å²) in [5, 5.41) is 2.92. The summed E-state index contributed by atoms with van der Waals surface area (Å²) < 4.78 is 10.5. The summed E-state index contributed by atoms with van der Waals surface area (Å²) in [7, 11) is 3.18. The Morgan fingerprint density at radius 1 is 1.00 bits per heavy atom. The van der Waals surface area contributed by atoms with Gasteiger partial charge in [-0.05, 0) is 54.5 Å². The van der Waals surface area contributed by atoms with Gasteiger partial charge in [-0.1, -0.05) is 18.2 Å². The van der Waals surface area contributed by atoms with E-state index in [0.29, 0.717) is 23.6 Å². The van der Waals surface area contributed by atoms with Crippen LogP contribution in [0.15, 0.2) is 36.4 Å². The first-order chi connectivity index (χ1) is 11.7. The van der Waals surface area contributed by atoms with Crippen LogP contribution in [0.3, 0.4) is 0 Å². The third-order valence-electron chi connectivity index (χ3n) is 4.46. The number of benzene rings is 2. The highest BCUT2D eigenvalue weighted by molar-refractivity contribution is 5.94. The fraction of sp³-hybridized carbons (Fsp3) is 0.350. The van der Waals surface area contributed by atoms with Crippen LogP contribution in [-0.4, -0.2) is 20.1 Å². The van der Waals surface area contributed by atoms with Crippen LogP contribution in [0.25, 0.3) is 0 Å². The zero-order valence-corrected chi connectivity index (χ0v) is 14.2. The minimum Gasteiger partial charge on any atom is -0.497 e. The van der Waals surface area contributed by atoms with Gasteiger partial charge in [-0.25, -0.2) is 0 Å². The van der Waals surface area contributed by atoms with Gasteiger partial charge in [0.2, 0.25) is 5.91 Å². The van der Waals surface area contributed by atoms with Gasteiger partial charge in [-0.3, -0.25) is 4.79 Å². The Bertz CT molecular complexity index is 740. The second-order valence-corrected chi connectivity index (χ2v) is 6.10. The molecule has 2 aromatic rings. The zero-order chi connectivity index (χ0) is 16.9. The van der Waals surface area contributed by atoms with Crippen molar-refractivity contribution in [2.45, 2.75) is 32.1 Å². The van der Waals surface area contributed by atoms with Crippen LogP contribution in [0.4, 0.5) is 5.69 Å². The maximum Gasteiger partial charge on any atom is 0.228 e. The molecule has 0 fully saturated rings. The standard InChI is InChI=1S/C20H23NO3/c1-23-17-9-10-19(24-2)18(13-17)21-20(22)12-14-7-8-15-5-3-4-6-16(15)11-14/h7-11,13H,3-6,12H2,1-2H3,(H,21,22). The minimum absolute atomic E-state index is 0.0580. The predicted octanol–water partition coefficient (Wildman–Crippen LogP) is 3.76. The Kier molecular flexibility index (Phi) is 5.04. The molecule has 4 heteroatoms. The molecule has 1 amide bonds. The number of aryl methyl sites for hydroxylation is 2. The van der Waals surface area contributed by atoms with Crippen molar-refractivity contribution < 1.29 is 14.3 Å². The van der Waals surface area contributed by atoms with Crippen LogP contribution >= 0.6 is 0 Å². The monoisotopic (exact) mass is 325 g/mol. The molecule has 126 valence electrons. The highest BCUT2D eigenvalue weighted by Gasteiger charge is 2.13. The second-order valence-electron chi connectivity index (χ2n) is 6.10. The smallest absolute Gasteiger partial charge is 0.228 e. The van der Waals surface area contributed by atoms with Crippen molar-refractivity contribution in [2.24, 2.45) is 0 Å². The summed E-state index contributed by atoms with van der Waals surface area (Å²) in [6, 6.07) is 11.8. The third kappa shape index (κ3) is 3.70. The predicted molar refractivity (Wildman–Crippen MR) is 95.0 cm³/mol. The van der Waals surface area contributed by atoms with E-state index < -0.39 is 0 Å². The van der Waals surface area contributed by atoms with Crippen LogP contribution in [0.2, 0.25) is 0 Å². The molecule has 3 rings (SSSR count). The molecule has 1 N–H and O–H groups in total. The van der Waals surface area contributed by atoms with Crippen molar-refractivity contribution in [1.29, 1.82) is 0 Å². The van der Waals surface area contributed by atoms with E-state index in [0.717, 1.165) is 18.4 Å². The maximum absolute atomic E-state index is 12.4. The van der Waals surface area contributed by atoms with E-state index in [4.69, 9.17) is 9.47 Å². The number of nitrogens with one attached hydrogen (secondary N) is 1. The number of fused-ring (bicyclic) bond motifs is 1. The first kappa shape index (κ1) is 16.4. The van der Waals surface area contributed by atoms with Crippen molar-refractivity contribution in [3.05, 3.63) is 53.1 Å². The number of ether oxygens (including phenoxy) is 2. The van der Waals surface area contributed by atoms with Gasteiger partial charge in [0.15, 0.2) is 0 Å². The van der Waals surface area contributed by atoms with Crippen LogP contribution < -0.4 is 14.8 Å². The normalized spacial score (nSPS) is 13.1. The van der Waals surface area contributed by atoms with Gasteiger partial charge in [-0.15, -0.1) is 0 Å². The lowest BCUT2D eigenvalue weighted by Crippen LogP contribution is -2.15. The Morgan fingerprint density at radius 2 is 1.79 bits per heavy atom. The van der Waals surface area contributed by atoms with Crippen molar-refractivity contribution in [2.75, 3.05) is 19.5 Å². The van der Waals surface area contributed by atoms with Crippen LogP contribution in [0, 0.1) is 0 Å². The third-order valence-corrected chi connectivity index (χ3v) is 4.46. The molecular formula is C20H23NO3. The zero-order valence-electron chi connectivity index (χ0n) is 14.2. The minimum atomic E-state index is -0.0580. The largest absolute Gasteiger partial charge is 0.497 e. The molecule has 2 aromatic carbocycles. The van der Waals surface area contributed by atoms with E-state index in [2.05, 4.69) is 23.5 Å². The lowest BCUT2D eigenvalue weighted by atomic mass is 9.90. The van der Waals surface area contributed by atoms with E-state index in [1.165, 1.54) is 24.0 Å². The average Bonchev–Trinajstić information content (AvgIpc) is 2.61. The molecule has 24 heavy (non-hydrogen) atoms. The molecule has 0 heterocycles. The van der Waals surface area contributed by atoms with E-state index in [-0.39, 0.29) is 5.91 Å². The lowest BCUT2D eigenvalue weighted by molar-refractivity contribution is -0.115. The Hall–Kier alpha value is -2.49. The molecule has 0 bridgehead atoms. The van der Waals surface area contributed by atoms with Gasteiger partial charge in [0.25, 0.3) is 0 Å². The summed E-state index contributed by atoms with van der Waals surface area (Å²) in [6.45, 7) is 0. The number of methoxy groups -OCH3 is 2. The van der Waals surface area contributed by atoms with Gasteiger partial charge in [-0.2, -0.15) is 0 Å². The highest BCUT2D eigenvalue weighted by Crippen LogP contribution is 2.29. The van der Waals surface area contributed by atoms with E-state index in [1.807, 2.05) is 0 Å². The SMILES string of the molecule is COc1ccc(OC)c(NC(=O)Cc2ccc3c(c2)CCCC3)c1. The van der Waals surface area contributed by atoms with E-state index in [9.17, 15) is 4.79 Å². The second kappa shape index (κ2) is 7.39. The molecule has 0 saturated carbocycles. The van der Waals surface area contributed by atoms with Gasteiger partial charge in [0, 0.05) is 6.07 Å². The number of amides is 1. The molecule has 0 radical (unpaired) electrons. The molecule has 0 spiro atoms. The highest BCUT2D eigenvalue weighted by atomic mass is 16.5. The Morgan fingerprint density at radius 3 is 2.54 bits per heavy atom. The molecule has 0 saturated heterocycles. The number of carbonyl (C=O) groups is 1. The van der Waals surface area contributed by atoms with Crippen molar-refractivity contribution in [1.82, 2.24) is 0 Å². The van der Waals surface area contributed by atoms with Crippen molar-refractivity contribution in [3.8, 4) is 11.5 Å². The lowest BCUT2D eigenvalue weighted by Gasteiger charge is -2.16. The maximum atomic E-state index is 12.4. The van der Waals surface area contributed by atoms with Crippen molar-refractivity contribution in [3.63, 3.8) is 0 Å². The molecule has 1 aliphatic carbocycles. The van der Waals surface area contributed by atoms with E-state index >= 15 is 0 Å². The van der Waals surface area contributed by atoms with Crippen LogP contribution in [-0.2, 0) is 24.1 Å². The first-order valence-electron chi connectivity index (χ1n) is 8.32. The van der Waals surface area contributed by atoms with Crippen LogP contribution in [0.1, 0.15) is 29.5 Å². The van der Waals surface area contributed by atoms with E-state index in [1.54, 1.807) is 32.4 Å². The van der Waals surface area contributed by atoms with Gasteiger partial charge >= 0.3 is 0 Å². The molecule has 4 nitrogen and oxygen atoms in total. The first-order valence-corrected chi connectivity index (χ1v) is 8.32. The molecular weight excluding hydrogens is 302 g/mol. The fourth-order valence-electron chi connectivity index (χ4n) is 3.19. The molecule has 1 aliphatic rings. The Labute approximate surface area is 142 Å². The van der Waals surface area contributed by atoms with Gasteiger partial charge < -0.3 is 14.8 Å². The quantitative estimate of drug-likeness (QED) is 0.910. The fourth-order valence-corrected chi connectivity index (χ4v) is 3.19. The number of anilines is 1. The van der Waals surface area contributed by atoms with Crippen molar-refractivity contribution >= 4 is 11.6 Å². The Balaban J connectivity index is 1.72. The molecule has 0 aliphatic heterocycles. The average molecular weight is 325 g/mol. The van der Waals surface area contributed by atoms with Gasteiger partial charge in [0.1, 0.15) is 11.5 Å². The topological polar surface area (TPSA) is 47.6 Å². The summed E-state index contributed by atoms with van der Waals surface area (Å²) >= 11 is 0. The molecule has 0 aromatic heterocycles. The molecule has 0 atom stereocenters. The number of hydrogen-bond donors (Lipinski definition) is 1. The molecule has 0 unspecified atom stereocenters. The number of hydrogen-bond acceptors (Lipinski definition) is 3. The number of carbonyl (C=O) groups excluding carboxylic acids is 1. The summed E-state index contributed by atoms with van der Waals surface area (Å²) in [4.78, 5) is 12.4.